The molecule has 2 heteroatoms. The first-order valence-electron chi connectivity index (χ1n) is 6.93. The molecule has 0 aliphatic heterocycles. The maximum Gasteiger partial charge on any atom is 0.0571 e. The van der Waals surface area contributed by atoms with Gasteiger partial charge in [-0.05, 0) is 44.4 Å². The van der Waals surface area contributed by atoms with Gasteiger partial charge in [0.2, 0.25) is 0 Å². The van der Waals surface area contributed by atoms with Crippen LogP contribution in [0.3, 0.4) is 0 Å². The second kappa shape index (κ2) is 8.73. The van der Waals surface area contributed by atoms with Crippen LogP contribution in [0.15, 0.2) is 0 Å². The summed E-state index contributed by atoms with van der Waals surface area (Å²) in [7, 11) is 1.86. The summed E-state index contributed by atoms with van der Waals surface area (Å²) in [5, 5.41) is 0. The predicted molar refractivity (Wildman–Crippen MR) is 79.3 cm³/mol. The summed E-state index contributed by atoms with van der Waals surface area (Å²) in [4.78, 5) is 0. The quantitative estimate of drug-likeness (QED) is 0.471. The minimum absolute atomic E-state index is 0.564. The molecule has 0 amide bonds. The van der Waals surface area contributed by atoms with Crippen LogP contribution in [0.2, 0.25) is 0 Å². The number of rotatable bonds is 7. The van der Waals surface area contributed by atoms with Gasteiger partial charge in [0.25, 0.3) is 0 Å². The average molecular weight is 338 g/mol. The van der Waals surface area contributed by atoms with E-state index in [9.17, 15) is 0 Å². The predicted octanol–water partition coefficient (Wildman–Crippen LogP) is 4.97. The molecule has 96 valence electrons. The average Bonchev–Trinajstić information content (AvgIpc) is 2.30. The van der Waals surface area contributed by atoms with E-state index in [4.69, 9.17) is 4.74 Å². The van der Waals surface area contributed by atoms with Crippen molar-refractivity contribution in [2.75, 3.05) is 7.11 Å². The van der Waals surface area contributed by atoms with Gasteiger partial charge in [0.05, 0.1) is 6.10 Å². The Morgan fingerprint density at radius 3 is 2.44 bits per heavy atom. The fourth-order valence-corrected chi connectivity index (χ4v) is 3.81. The molecular formula is C14H27IO. The van der Waals surface area contributed by atoms with Crippen LogP contribution in [0.4, 0.5) is 0 Å². The Hall–Kier alpha value is 0.690. The lowest BCUT2D eigenvalue weighted by Crippen LogP contribution is -2.20. The van der Waals surface area contributed by atoms with E-state index in [0.29, 0.717) is 6.10 Å². The molecule has 1 saturated carbocycles. The van der Waals surface area contributed by atoms with Crippen molar-refractivity contribution in [3.63, 3.8) is 0 Å². The molecule has 0 N–H and O–H groups in total. The van der Waals surface area contributed by atoms with E-state index >= 15 is 0 Å². The van der Waals surface area contributed by atoms with E-state index in [1.54, 1.807) is 0 Å². The third kappa shape index (κ3) is 5.85. The van der Waals surface area contributed by atoms with Gasteiger partial charge in [0, 0.05) is 11.0 Å². The highest BCUT2D eigenvalue weighted by atomic mass is 127. The smallest absolute Gasteiger partial charge is 0.0571 e. The zero-order valence-corrected chi connectivity index (χ0v) is 13.0. The van der Waals surface area contributed by atoms with Crippen LogP contribution in [0.25, 0.3) is 0 Å². The summed E-state index contributed by atoms with van der Waals surface area (Å²) in [5.41, 5.74) is 0. The monoisotopic (exact) mass is 338 g/mol. The van der Waals surface area contributed by atoms with Gasteiger partial charge in [0.15, 0.2) is 0 Å². The van der Waals surface area contributed by atoms with E-state index in [1.165, 1.54) is 57.8 Å². The molecule has 0 bridgehead atoms. The van der Waals surface area contributed by atoms with Gasteiger partial charge in [-0.2, -0.15) is 0 Å². The largest absolute Gasteiger partial charge is 0.381 e. The van der Waals surface area contributed by atoms with E-state index in [0.717, 1.165) is 9.84 Å². The fraction of sp³-hybridized carbons (Fsp3) is 1.00. The summed E-state index contributed by atoms with van der Waals surface area (Å²) in [6, 6.07) is 0. The first-order valence-corrected chi connectivity index (χ1v) is 8.17. The van der Waals surface area contributed by atoms with Crippen molar-refractivity contribution in [3.05, 3.63) is 0 Å². The lowest BCUT2D eigenvalue weighted by Gasteiger charge is -2.27. The number of hydrogen-bond acceptors (Lipinski definition) is 1. The maximum absolute atomic E-state index is 5.41. The Morgan fingerprint density at radius 2 is 1.88 bits per heavy atom. The van der Waals surface area contributed by atoms with Crippen molar-refractivity contribution in [2.24, 2.45) is 5.92 Å². The Kier molecular flexibility index (Phi) is 8.05. The second-order valence-electron chi connectivity index (χ2n) is 5.20. The van der Waals surface area contributed by atoms with E-state index < -0.39 is 0 Å². The summed E-state index contributed by atoms with van der Waals surface area (Å²) in [6.45, 7) is 2.29. The third-order valence-electron chi connectivity index (χ3n) is 3.86. The van der Waals surface area contributed by atoms with Crippen molar-refractivity contribution in [3.8, 4) is 0 Å². The van der Waals surface area contributed by atoms with Crippen molar-refractivity contribution in [1.82, 2.24) is 0 Å². The normalized spacial score (nSPS) is 27.9. The fourth-order valence-electron chi connectivity index (χ4n) is 2.74. The standard InChI is InChI=1S/C14H27IO/c1-3-5-13(15)7-4-6-12-8-10-14(16-2)11-9-12/h12-14H,3-11H2,1-2H3. The summed E-state index contributed by atoms with van der Waals surface area (Å²) in [6.07, 6.45) is 13.0. The maximum atomic E-state index is 5.41. The van der Waals surface area contributed by atoms with Gasteiger partial charge in [-0.1, -0.05) is 48.8 Å². The molecule has 0 saturated heterocycles. The number of ether oxygens (including phenoxy) is 1. The zero-order chi connectivity index (χ0) is 11.8. The molecule has 0 radical (unpaired) electrons. The molecule has 1 nitrogen and oxygen atoms in total. The highest BCUT2D eigenvalue weighted by Gasteiger charge is 2.20. The highest BCUT2D eigenvalue weighted by Crippen LogP contribution is 2.30. The summed E-state index contributed by atoms with van der Waals surface area (Å²) in [5.74, 6) is 0.997. The van der Waals surface area contributed by atoms with Crippen LogP contribution in [-0.4, -0.2) is 17.1 Å². The molecule has 16 heavy (non-hydrogen) atoms. The number of halogens is 1. The molecule has 0 heterocycles. The zero-order valence-electron chi connectivity index (χ0n) is 10.9. The molecule has 1 atom stereocenters. The van der Waals surface area contributed by atoms with Crippen LogP contribution in [0, 0.1) is 5.92 Å². The lowest BCUT2D eigenvalue weighted by atomic mass is 9.84. The SMILES string of the molecule is CCCC(I)CCCC1CCC(OC)CC1. The van der Waals surface area contributed by atoms with Crippen LogP contribution < -0.4 is 0 Å². The third-order valence-corrected chi connectivity index (χ3v) is 5.10. The van der Waals surface area contributed by atoms with Crippen molar-refractivity contribution < 1.29 is 4.74 Å². The first-order chi connectivity index (χ1) is 7.76. The molecule has 1 rings (SSSR count). The van der Waals surface area contributed by atoms with Gasteiger partial charge in [-0.3, -0.25) is 0 Å². The molecule has 0 aromatic heterocycles. The van der Waals surface area contributed by atoms with Gasteiger partial charge in [0.1, 0.15) is 0 Å². The Labute approximate surface area is 115 Å². The molecule has 1 aliphatic carbocycles. The van der Waals surface area contributed by atoms with E-state index in [1.807, 2.05) is 7.11 Å². The van der Waals surface area contributed by atoms with Crippen LogP contribution in [0.1, 0.15) is 64.7 Å². The topological polar surface area (TPSA) is 9.23 Å². The summed E-state index contributed by atoms with van der Waals surface area (Å²) >= 11 is 2.62. The van der Waals surface area contributed by atoms with Gasteiger partial charge in [-0.25, -0.2) is 0 Å². The highest BCUT2D eigenvalue weighted by molar-refractivity contribution is 14.1. The van der Waals surface area contributed by atoms with E-state index in [-0.39, 0.29) is 0 Å². The summed E-state index contributed by atoms with van der Waals surface area (Å²) < 4.78 is 6.33. The molecule has 1 unspecified atom stereocenters. The Bertz CT molecular complexity index is 164. The van der Waals surface area contributed by atoms with Crippen molar-refractivity contribution in [1.29, 1.82) is 0 Å². The van der Waals surface area contributed by atoms with Crippen LogP contribution in [-0.2, 0) is 4.74 Å². The molecule has 1 fully saturated rings. The molecule has 1 aliphatic rings. The van der Waals surface area contributed by atoms with Crippen LogP contribution >= 0.6 is 22.6 Å². The number of methoxy groups -OCH3 is 1. The van der Waals surface area contributed by atoms with Gasteiger partial charge >= 0.3 is 0 Å². The molecule has 0 spiro atoms. The second-order valence-corrected chi connectivity index (χ2v) is 6.96. The lowest BCUT2D eigenvalue weighted by molar-refractivity contribution is 0.0552. The van der Waals surface area contributed by atoms with Gasteiger partial charge in [-0.15, -0.1) is 0 Å². The number of hydrogen-bond donors (Lipinski definition) is 0. The van der Waals surface area contributed by atoms with Gasteiger partial charge < -0.3 is 4.74 Å². The minimum atomic E-state index is 0.564. The minimum Gasteiger partial charge on any atom is -0.381 e. The molecule has 0 aromatic carbocycles. The van der Waals surface area contributed by atoms with Crippen LogP contribution in [0.5, 0.6) is 0 Å². The molecular weight excluding hydrogens is 311 g/mol. The Morgan fingerprint density at radius 1 is 1.19 bits per heavy atom. The van der Waals surface area contributed by atoms with E-state index in [2.05, 4.69) is 29.5 Å². The van der Waals surface area contributed by atoms with Crippen molar-refractivity contribution >= 4 is 22.6 Å². The first kappa shape index (κ1) is 14.7. The number of alkyl halides is 1. The van der Waals surface area contributed by atoms with Crippen molar-refractivity contribution in [2.45, 2.75) is 74.7 Å². The Balaban J connectivity index is 2.02. The molecule has 0 aromatic rings.